The molecule has 9 nitrogen and oxygen atoms in total. The zero-order chi connectivity index (χ0) is 23.0. The second kappa shape index (κ2) is 8.27. The Morgan fingerprint density at radius 2 is 1.94 bits per heavy atom. The van der Waals surface area contributed by atoms with Crippen molar-refractivity contribution in [3.63, 3.8) is 0 Å². The SMILES string of the molecule is Cc1cc(C)n2ncc(C(=O)Nc3cc(Oc4ccc(Cl)cc4C)cc([N+](=O)[O-])c3)c2n1. The van der Waals surface area contributed by atoms with E-state index >= 15 is 0 Å². The molecule has 2 aromatic heterocycles. The number of hydrogen-bond donors (Lipinski definition) is 1. The number of nitrogens with one attached hydrogen (secondary N) is 1. The maximum atomic E-state index is 12.9. The summed E-state index contributed by atoms with van der Waals surface area (Å²) < 4.78 is 7.39. The Kier molecular flexibility index (Phi) is 5.50. The van der Waals surface area contributed by atoms with Crippen LogP contribution in [0.3, 0.4) is 0 Å². The third-order valence-electron chi connectivity index (χ3n) is 4.75. The van der Waals surface area contributed by atoms with Crippen LogP contribution in [0.15, 0.2) is 48.7 Å². The Balaban J connectivity index is 1.67. The predicted octanol–water partition coefficient (Wildman–Crippen LogP) is 5.26. The van der Waals surface area contributed by atoms with Crippen molar-refractivity contribution < 1.29 is 14.5 Å². The molecule has 2 aromatic carbocycles. The number of nitro groups is 1. The minimum Gasteiger partial charge on any atom is -0.457 e. The minimum absolute atomic E-state index is 0.199. The number of carbonyl (C=O) groups is 1. The number of aromatic nitrogens is 3. The lowest BCUT2D eigenvalue weighted by atomic mass is 10.2. The van der Waals surface area contributed by atoms with Crippen molar-refractivity contribution >= 4 is 34.5 Å². The number of nitro benzene ring substituents is 1. The number of amides is 1. The molecule has 0 radical (unpaired) electrons. The van der Waals surface area contributed by atoms with Gasteiger partial charge in [-0.2, -0.15) is 5.10 Å². The number of non-ortho nitro benzene ring substituents is 1. The van der Waals surface area contributed by atoms with E-state index in [1.807, 2.05) is 26.8 Å². The van der Waals surface area contributed by atoms with Crippen molar-refractivity contribution in [2.75, 3.05) is 5.32 Å². The first-order chi connectivity index (χ1) is 15.2. The Morgan fingerprint density at radius 1 is 1.16 bits per heavy atom. The fourth-order valence-corrected chi connectivity index (χ4v) is 3.53. The molecular weight excluding hydrogens is 434 g/mol. The molecule has 1 amide bonds. The summed E-state index contributed by atoms with van der Waals surface area (Å²) in [4.78, 5) is 28.2. The van der Waals surface area contributed by atoms with Gasteiger partial charge in [0.1, 0.15) is 17.1 Å². The molecule has 162 valence electrons. The number of aryl methyl sites for hydroxylation is 3. The standard InChI is InChI=1S/C22H18ClN5O4/c1-12-6-15(23)4-5-20(12)32-18-9-16(8-17(10-18)28(30)31)26-22(29)19-11-24-27-14(3)7-13(2)25-21(19)27/h4-11H,1-3H3,(H,26,29). The fraction of sp³-hybridized carbons (Fsp3) is 0.136. The van der Waals surface area contributed by atoms with Crippen molar-refractivity contribution in [1.82, 2.24) is 14.6 Å². The summed E-state index contributed by atoms with van der Waals surface area (Å²) >= 11 is 5.97. The van der Waals surface area contributed by atoms with Gasteiger partial charge in [-0.05, 0) is 50.6 Å². The lowest BCUT2D eigenvalue weighted by molar-refractivity contribution is -0.384. The van der Waals surface area contributed by atoms with Crippen molar-refractivity contribution in [3.8, 4) is 11.5 Å². The summed E-state index contributed by atoms with van der Waals surface area (Å²) in [6.07, 6.45) is 1.41. The maximum Gasteiger partial charge on any atom is 0.275 e. The van der Waals surface area contributed by atoms with Crippen LogP contribution in [-0.4, -0.2) is 25.4 Å². The Hall–Kier alpha value is -3.98. The third-order valence-corrected chi connectivity index (χ3v) is 4.98. The quantitative estimate of drug-likeness (QED) is 0.327. The van der Waals surface area contributed by atoms with E-state index in [0.29, 0.717) is 16.4 Å². The van der Waals surface area contributed by atoms with Gasteiger partial charge in [0.2, 0.25) is 0 Å². The highest BCUT2D eigenvalue weighted by molar-refractivity contribution is 6.30. The topological polar surface area (TPSA) is 112 Å². The number of halogens is 1. The largest absolute Gasteiger partial charge is 0.457 e. The van der Waals surface area contributed by atoms with Gasteiger partial charge in [0.15, 0.2) is 5.65 Å². The molecule has 32 heavy (non-hydrogen) atoms. The predicted molar refractivity (Wildman–Crippen MR) is 120 cm³/mol. The highest BCUT2D eigenvalue weighted by Gasteiger charge is 2.18. The number of anilines is 1. The molecule has 0 unspecified atom stereocenters. The van der Waals surface area contributed by atoms with Crippen LogP contribution in [0.25, 0.3) is 5.65 Å². The van der Waals surface area contributed by atoms with E-state index in [1.54, 1.807) is 22.7 Å². The van der Waals surface area contributed by atoms with E-state index in [2.05, 4.69) is 15.4 Å². The Bertz CT molecular complexity index is 1380. The van der Waals surface area contributed by atoms with Gasteiger partial charge in [-0.3, -0.25) is 14.9 Å². The molecule has 4 rings (SSSR count). The molecule has 0 aliphatic rings. The smallest absolute Gasteiger partial charge is 0.275 e. The molecule has 10 heteroatoms. The van der Waals surface area contributed by atoms with Crippen LogP contribution in [0, 0.1) is 30.9 Å². The van der Waals surface area contributed by atoms with Crippen LogP contribution in [-0.2, 0) is 0 Å². The van der Waals surface area contributed by atoms with Gasteiger partial charge in [-0.15, -0.1) is 0 Å². The summed E-state index contributed by atoms with van der Waals surface area (Å²) in [6, 6.07) is 11.0. The minimum atomic E-state index is -0.555. The van der Waals surface area contributed by atoms with E-state index in [1.165, 1.54) is 24.4 Å². The molecule has 2 heterocycles. The van der Waals surface area contributed by atoms with Gasteiger partial charge >= 0.3 is 0 Å². The molecule has 0 aliphatic heterocycles. The van der Waals surface area contributed by atoms with Crippen LogP contribution >= 0.6 is 11.6 Å². The molecule has 0 atom stereocenters. The fourth-order valence-electron chi connectivity index (χ4n) is 3.30. The zero-order valence-corrected chi connectivity index (χ0v) is 18.2. The summed E-state index contributed by atoms with van der Waals surface area (Å²) in [5.74, 6) is 0.196. The van der Waals surface area contributed by atoms with Gasteiger partial charge in [0, 0.05) is 28.5 Å². The van der Waals surface area contributed by atoms with Crippen LogP contribution in [0.2, 0.25) is 5.02 Å². The summed E-state index contributed by atoms with van der Waals surface area (Å²) in [5, 5.41) is 18.9. The second-order valence-corrected chi connectivity index (χ2v) is 7.71. The molecule has 0 fully saturated rings. The third kappa shape index (κ3) is 4.23. The number of carbonyl (C=O) groups excluding carboxylic acids is 1. The van der Waals surface area contributed by atoms with Crippen molar-refractivity contribution in [2.24, 2.45) is 0 Å². The van der Waals surface area contributed by atoms with Gasteiger partial charge < -0.3 is 10.1 Å². The van der Waals surface area contributed by atoms with Gasteiger partial charge in [0.25, 0.3) is 11.6 Å². The molecule has 0 saturated heterocycles. The maximum absolute atomic E-state index is 12.9. The molecule has 0 saturated carbocycles. The van der Waals surface area contributed by atoms with E-state index in [0.717, 1.165) is 17.0 Å². The number of rotatable bonds is 5. The van der Waals surface area contributed by atoms with Crippen molar-refractivity contribution in [1.29, 1.82) is 0 Å². The number of nitrogens with zero attached hydrogens (tertiary/aromatic N) is 4. The number of fused-ring (bicyclic) bond motifs is 1. The Labute approximate surface area is 187 Å². The second-order valence-electron chi connectivity index (χ2n) is 7.27. The average molecular weight is 452 g/mol. The van der Waals surface area contributed by atoms with Crippen LogP contribution in [0.1, 0.15) is 27.3 Å². The van der Waals surface area contributed by atoms with Gasteiger partial charge in [-0.25, -0.2) is 9.50 Å². The summed E-state index contributed by atoms with van der Waals surface area (Å²) in [5.41, 5.74) is 2.96. The van der Waals surface area contributed by atoms with E-state index in [4.69, 9.17) is 16.3 Å². The molecule has 4 aromatic rings. The molecule has 0 spiro atoms. The number of hydrogen-bond acceptors (Lipinski definition) is 6. The zero-order valence-electron chi connectivity index (χ0n) is 17.4. The molecule has 0 aliphatic carbocycles. The van der Waals surface area contributed by atoms with Crippen molar-refractivity contribution in [2.45, 2.75) is 20.8 Å². The monoisotopic (exact) mass is 451 g/mol. The first-order valence-corrected chi connectivity index (χ1v) is 9.96. The van der Waals surface area contributed by atoms with Crippen LogP contribution < -0.4 is 10.1 Å². The first-order valence-electron chi connectivity index (χ1n) is 9.58. The number of ether oxygens (including phenoxy) is 1. The van der Waals surface area contributed by atoms with E-state index in [9.17, 15) is 14.9 Å². The van der Waals surface area contributed by atoms with Crippen molar-refractivity contribution in [3.05, 3.63) is 86.3 Å². The Morgan fingerprint density at radius 3 is 2.66 bits per heavy atom. The summed E-state index contributed by atoms with van der Waals surface area (Å²) in [7, 11) is 0. The number of benzene rings is 2. The van der Waals surface area contributed by atoms with Gasteiger partial charge in [0.05, 0.1) is 22.9 Å². The van der Waals surface area contributed by atoms with E-state index in [-0.39, 0.29) is 22.7 Å². The van der Waals surface area contributed by atoms with Gasteiger partial charge in [-0.1, -0.05) is 11.6 Å². The average Bonchev–Trinajstić information content (AvgIpc) is 3.14. The van der Waals surface area contributed by atoms with Crippen LogP contribution in [0.4, 0.5) is 11.4 Å². The molecule has 0 bridgehead atoms. The first kappa shape index (κ1) is 21.3. The van der Waals surface area contributed by atoms with Crippen LogP contribution in [0.5, 0.6) is 11.5 Å². The highest BCUT2D eigenvalue weighted by Crippen LogP contribution is 2.32. The lowest BCUT2D eigenvalue weighted by Crippen LogP contribution is -2.12. The normalized spacial score (nSPS) is 10.9. The molecule has 1 N–H and O–H groups in total. The molecular formula is C22H18ClN5O4. The summed E-state index contributed by atoms with van der Waals surface area (Å²) in [6.45, 7) is 5.49. The van der Waals surface area contributed by atoms with E-state index < -0.39 is 10.8 Å². The highest BCUT2D eigenvalue weighted by atomic mass is 35.5. The lowest BCUT2D eigenvalue weighted by Gasteiger charge is -2.11.